The van der Waals surface area contributed by atoms with E-state index in [1.165, 1.54) is 4.57 Å². The van der Waals surface area contributed by atoms with Crippen molar-refractivity contribution < 1.29 is 9.53 Å². The van der Waals surface area contributed by atoms with E-state index in [4.69, 9.17) is 4.74 Å². The predicted molar refractivity (Wildman–Crippen MR) is 167 cm³/mol. The van der Waals surface area contributed by atoms with Gasteiger partial charge in [-0.3, -0.25) is 14.6 Å². The van der Waals surface area contributed by atoms with Gasteiger partial charge in [-0.25, -0.2) is 4.98 Å². The summed E-state index contributed by atoms with van der Waals surface area (Å²) in [6, 6.07) is 24.1. The van der Waals surface area contributed by atoms with Gasteiger partial charge in [0, 0.05) is 54.2 Å². The van der Waals surface area contributed by atoms with E-state index in [1.54, 1.807) is 43.8 Å². The average molecular weight is 560 g/mol. The number of ether oxygens (including phenoxy) is 1. The van der Waals surface area contributed by atoms with Crippen LogP contribution in [0.3, 0.4) is 0 Å². The molecule has 0 spiro atoms. The maximum Gasteiger partial charge on any atom is 0.293 e. The summed E-state index contributed by atoms with van der Waals surface area (Å²) in [6.07, 6.45) is 5.00. The summed E-state index contributed by atoms with van der Waals surface area (Å²) in [4.78, 5) is 34.8. The van der Waals surface area contributed by atoms with E-state index in [0.717, 1.165) is 16.7 Å². The molecule has 42 heavy (non-hydrogen) atoms. The van der Waals surface area contributed by atoms with Crippen molar-refractivity contribution in [3.05, 3.63) is 124 Å². The minimum Gasteiger partial charge on any atom is -0.457 e. The van der Waals surface area contributed by atoms with Gasteiger partial charge in [-0.15, -0.1) is 0 Å². The molecule has 0 unspecified atom stereocenters. The molecule has 0 aliphatic rings. The molecule has 0 saturated heterocycles. The maximum atomic E-state index is 13.1. The zero-order valence-corrected chi connectivity index (χ0v) is 24.3. The normalized spacial score (nSPS) is 11.2. The highest BCUT2D eigenvalue weighted by molar-refractivity contribution is 6.05. The molecule has 2 heterocycles. The van der Waals surface area contributed by atoms with E-state index in [-0.39, 0.29) is 22.7 Å². The lowest BCUT2D eigenvalue weighted by Crippen LogP contribution is -2.21. The number of nitrogens with zero attached hydrogens (tertiary/aromatic N) is 3. The summed E-state index contributed by atoms with van der Waals surface area (Å²) in [6.45, 7) is 8.34. The van der Waals surface area contributed by atoms with Crippen molar-refractivity contribution in [2.45, 2.75) is 33.1 Å². The Morgan fingerprint density at radius 2 is 1.62 bits per heavy atom. The van der Waals surface area contributed by atoms with Crippen LogP contribution in [0.1, 0.15) is 42.3 Å². The molecular weight excluding hydrogens is 526 g/mol. The first-order valence-electron chi connectivity index (χ1n) is 13.6. The van der Waals surface area contributed by atoms with Crippen LogP contribution in [0.25, 0.3) is 11.3 Å². The molecule has 2 N–H and O–H groups in total. The fourth-order valence-electron chi connectivity index (χ4n) is 4.50. The second-order valence-corrected chi connectivity index (χ2v) is 11.1. The smallest absolute Gasteiger partial charge is 0.293 e. The molecule has 0 radical (unpaired) electrons. The third-order valence-corrected chi connectivity index (χ3v) is 6.92. The Morgan fingerprint density at radius 3 is 2.33 bits per heavy atom. The summed E-state index contributed by atoms with van der Waals surface area (Å²) >= 11 is 0. The van der Waals surface area contributed by atoms with E-state index in [1.807, 2.05) is 67.6 Å². The van der Waals surface area contributed by atoms with E-state index in [9.17, 15) is 9.59 Å². The SMILES string of the molecule is Cc1c(NC(=O)c2ccc(C(C)(C)C)cc2)cccc1-c1cn(C)c(=O)c(Nc2cccc(Oc3ccncc3)c2)n1. The lowest BCUT2D eigenvalue weighted by Gasteiger charge is -2.19. The van der Waals surface area contributed by atoms with Crippen molar-refractivity contribution >= 4 is 23.1 Å². The van der Waals surface area contributed by atoms with E-state index in [2.05, 4.69) is 41.4 Å². The Morgan fingerprint density at radius 1 is 0.905 bits per heavy atom. The van der Waals surface area contributed by atoms with Gasteiger partial charge in [0.25, 0.3) is 11.5 Å². The van der Waals surface area contributed by atoms with Crippen molar-refractivity contribution in [3.8, 4) is 22.8 Å². The van der Waals surface area contributed by atoms with Gasteiger partial charge in [0.05, 0.1) is 5.69 Å². The monoisotopic (exact) mass is 559 g/mol. The zero-order valence-electron chi connectivity index (χ0n) is 24.3. The number of hydrogen-bond donors (Lipinski definition) is 2. The topological polar surface area (TPSA) is 98.1 Å². The molecule has 2 aromatic heterocycles. The van der Waals surface area contributed by atoms with Crippen LogP contribution in [-0.2, 0) is 12.5 Å². The Labute approximate surface area is 245 Å². The second-order valence-electron chi connectivity index (χ2n) is 11.1. The molecular formula is C34H33N5O3. The molecule has 0 fully saturated rings. The van der Waals surface area contributed by atoms with Crippen LogP contribution in [0.4, 0.5) is 17.2 Å². The van der Waals surface area contributed by atoms with Crippen LogP contribution in [0, 0.1) is 6.92 Å². The van der Waals surface area contributed by atoms with E-state index >= 15 is 0 Å². The van der Waals surface area contributed by atoms with Crippen molar-refractivity contribution in [1.82, 2.24) is 14.5 Å². The van der Waals surface area contributed by atoms with E-state index in [0.29, 0.717) is 34.1 Å². The molecule has 3 aromatic carbocycles. The number of nitrogens with one attached hydrogen (secondary N) is 2. The number of pyridine rings is 1. The number of aromatic nitrogens is 3. The van der Waals surface area contributed by atoms with Gasteiger partial charge in [-0.2, -0.15) is 0 Å². The number of aryl methyl sites for hydroxylation is 1. The molecule has 8 nitrogen and oxygen atoms in total. The maximum absolute atomic E-state index is 13.1. The van der Waals surface area contributed by atoms with Crippen LogP contribution in [-0.4, -0.2) is 20.4 Å². The Hall–Kier alpha value is -5.24. The molecule has 5 aromatic rings. The molecule has 5 rings (SSSR count). The zero-order chi connectivity index (χ0) is 29.9. The van der Waals surface area contributed by atoms with Gasteiger partial charge in [0.15, 0.2) is 5.82 Å². The van der Waals surface area contributed by atoms with Gasteiger partial charge >= 0.3 is 0 Å². The molecule has 0 saturated carbocycles. The largest absolute Gasteiger partial charge is 0.457 e. The number of carbonyl (C=O) groups is 1. The standard InChI is InChI=1S/C34H33N5O3/c1-22-28(10-7-11-29(22)38-32(40)23-12-14-24(15-13-23)34(2,3)4)30-21-39(5)33(41)31(37-30)36-25-8-6-9-27(20-25)42-26-16-18-35-19-17-26/h6-21H,1-5H3,(H,36,37)(H,38,40). The summed E-state index contributed by atoms with van der Waals surface area (Å²) in [7, 11) is 1.68. The fourth-order valence-corrected chi connectivity index (χ4v) is 4.50. The molecule has 0 atom stereocenters. The van der Waals surface area contributed by atoms with Crippen LogP contribution in [0.2, 0.25) is 0 Å². The van der Waals surface area contributed by atoms with Crippen molar-refractivity contribution in [1.29, 1.82) is 0 Å². The molecule has 1 amide bonds. The van der Waals surface area contributed by atoms with Crippen molar-refractivity contribution in [2.75, 3.05) is 10.6 Å². The summed E-state index contributed by atoms with van der Waals surface area (Å²) < 4.78 is 7.39. The van der Waals surface area contributed by atoms with Gasteiger partial charge in [0.1, 0.15) is 11.5 Å². The van der Waals surface area contributed by atoms with Crippen LogP contribution in [0.5, 0.6) is 11.5 Å². The molecule has 8 heteroatoms. The quantitative estimate of drug-likeness (QED) is 0.218. The number of amides is 1. The molecule has 0 bridgehead atoms. The lowest BCUT2D eigenvalue weighted by molar-refractivity contribution is 0.102. The fraction of sp³-hybridized carbons (Fsp3) is 0.176. The third-order valence-electron chi connectivity index (χ3n) is 6.92. The number of hydrogen-bond acceptors (Lipinski definition) is 6. The van der Waals surface area contributed by atoms with E-state index < -0.39 is 0 Å². The minimum atomic E-state index is -0.278. The average Bonchev–Trinajstić information content (AvgIpc) is 2.97. The van der Waals surface area contributed by atoms with Crippen LogP contribution in [0.15, 0.2) is 102 Å². The Kier molecular flexibility index (Phi) is 7.88. The lowest BCUT2D eigenvalue weighted by atomic mass is 9.86. The highest BCUT2D eigenvalue weighted by Gasteiger charge is 2.17. The predicted octanol–water partition coefficient (Wildman–Crippen LogP) is 7.24. The first kappa shape index (κ1) is 28.3. The number of benzene rings is 3. The van der Waals surface area contributed by atoms with Crippen molar-refractivity contribution in [2.24, 2.45) is 7.05 Å². The Balaban J connectivity index is 1.39. The number of anilines is 3. The second kappa shape index (κ2) is 11.7. The van der Waals surface area contributed by atoms with Crippen LogP contribution < -0.4 is 20.9 Å². The number of carbonyl (C=O) groups excluding carboxylic acids is 1. The first-order valence-corrected chi connectivity index (χ1v) is 13.6. The van der Waals surface area contributed by atoms with Crippen molar-refractivity contribution in [3.63, 3.8) is 0 Å². The first-order chi connectivity index (χ1) is 20.1. The van der Waals surface area contributed by atoms with Crippen LogP contribution >= 0.6 is 0 Å². The Bertz CT molecular complexity index is 1790. The summed E-state index contributed by atoms with van der Waals surface area (Å²) in [5.74, 6) is 1.23. The molecule has 0 aliphatic carbocycles. The third kappa shape index (κ3) is 6.39. The van der Waals surface area contributed by atoms with Gasteiger partial charge < -0.3 is 19.9 Å². The highest BCUT2D eigenvalue weighted by atomic mass is 16.5. The summed E-state index contributed by atoms with van der Waals surface area (Å²) in [5, 5.41) is 6.18. The van der Waals surface area contributed by atoms with Gasteiger partial charge in [0.2, 0.25) is 0 Å². The minimum absolute atomic E-state index is 0.00702. The highest BCUT2D eigenvalue weighted by Crippen LogP contribution is 2.29. The number of rotatable bonds is 7. The molecule has 0 aliphatic heterocycles. The summed E-state index contributed by atoms with van der Waals surface area (Å²) in [5.41, 5.74) is 5.01. The van der Waals surface area contributed by atoms with Gasteiger partial charge in [-0.05, 0) is 65.9 Å². The molecule has 212 valence electrons. The van der Waals surface area contributed by atoms with Gasteiger partial charge in [-0.1, -0.05) is 51.1 Å².